The Hall–Kier alpha value is -4.70. The molecule has 0 N–H and O–H groups in total. The van der Waals surface area contributed by atoms with Gasteiger partial charge in [0.15, 0.2) is 5.82 Å². The Kier molecular flexibility index (Phi) is 11.2. The Bertz CT molecular complexity index is 2210. The lowest BCUT2D eigenvalue weighted by atomic mass is 9.66. The molecule has 296 valence electrons. The number of hydrogen-bond donors (Lipinski definition) is 0. The van der Waals surface area contributed by atoms with Gasteiger partial charge in [0.05, 0.1) is 0 Å². The fraction of sp³-hybridized carbons (Fsp3) is 0.444. The lowest BCUT2D eigenvalue weighted by Gasteiger charge is -2.41. The lowest BCUT2D eigenvalue weighted by molar-refractivity contribution is 0.271. The fourth-order valence-electron chi connectivity index (χ4n) is 11.5. The SMILES string of the molecule is C1=CCC(C2CN=C(C3=CCC(c4nc(C5=CCC(c6ccccc6)C=C5)nc(C5C=CC(c6ccccc6)=CC5)n4)CC3)C(C3=C4CCCCC4CCC3)C2)CC1. The van der Waals surface area contributed by atoms with E-state index in [0.29, 0.717) is 17.8 Å². The highest BCUT2D eigenvalue weighted by Gasteiger charge is 2.38. The van der Waals surface area contributed by atoms with Crippen LogP contribution in [0.1, 0.15) is 149 Å². The second-order valence-electron chi connectivity index (χ2n) is 18.3. The smallest absolute Gasteiger partial charge is 0.163 e. The van der Waals surface area contributed by atoms with Crippen molar-refractivity contribution < 1.29 is 0 Å². The molecule has 7 unspecified atom stereocenters. The first kappa shape index (κ1) is 37.6. The quantitative estimate of drug-likeness (QED) is 0.215. The highest BCUT2D eigenvalue weighted by Crippen LogP contribution is 2.48. The molecule has 1 aliphatic heterocycles. The molecule has 2 heterocycles. The van der Waals surface area contributed by atoms with E-state index in [1.165, 1.54) is 98.6 Å². The van der Waals surface area contributed by atoms with Crippen LogP contribution >= 0.6 is 0 Å². The van der Waals surface area contributed by atoms with Crippen LogP contribution in [0.3, 0.4) is 0 Å². The molecule has 6 aliphatic carbocycles. The summed E-state index contributed by atoms with van der Waals surface area (Å²) in [5.41, 5.74) is 11.7. The van der Waals surface area contributed by atoms with E-state index in [9.17, 15) is 0 Å². The van der Waals surface area contributed by atoms with Crippen LogP contribution in [0, 0.1) is 23.7 Å². The van der Waals surface area contributed by atoms with E-state index in [1.54, 1.807) is 0 Å². The Morgan fingerprint density at radius 3 is 2.10 bits per heavy atom. The van der Waals surface area contributed by atoms with Crippen LogP contribution in [0.4, 0.5) is 0 Å². The first-order valence-corrected chi connectivity index (χ1v) is 23.0. The third kappa shape index (κ3) is 8.01. The molecule has 0 radical (unpaired) electrons. The van der Waals surface area contributed by atoms with Gasteiger partial charge < -0.3 is 0 Å². The molecule has 2 aromatic carbocycles. The number of allylic oxidation sites excluding steroid dienone is 14. The Morgan fingerprint density at radius 1 is 0.552 bits per heavy atom. The van der Waals surface area contributed by atoms with Crippen molar-refractivity contribution in [3.05, 3.63) is 161 Å². The van der Waals surface area contributed by atoms with Gasteiger partial charge in [-0.05, 0) is 136 Å². The van der Waals surface area contributed by atoms with E-state index in [0.717, 1.165) is 73.5 Å². The molecule has 1 fully saturated rings. The summed E-state index contributed by atoms with van der Waals surface area (Å²) in [6.07, 6.45) is 41.0. The predicted octanol–water partition coefficient (Wildman–Crippen LogP) is 13.4. The summed E-state index contributed by atoms with van der Waals surface area (Å²) in [6.45, 7) is 1.01. The van der Waals surface area contributed by atoms with Crippen LogP contribution in [0.5, 0.6) is 0 Å². The number of fused-ring (bicyclic) bond motifs is 1. The number of benzene rings is 2. The number of aliphatic imine (C=N–C) groups is 1. The fourth-order valence-corrected chi connectivity index (χ4v) is 11.5. The van der Waals surface area contributed by atoms with Crippen LogP contribution in [-0.4, -0.2) is 27.2 Å². The molecular formula is C54H60N4. The van der Waals surface area contributed by atoms with Gasteiger partial charge in [-0.3, -0.25) is 4.99 Å². The molecule has 1 saturated carbocycles. The molecule has 0 saturated heterocycles. The van der Waals surface area contributed by atoms with Crippen molar-refractivity contribution in [1.29, 1.82) is 0 Å². The van der Waals surface area contributed by atoms with Gasteiger partial charge in [-0.2, -0.15) is 0 Å². The van der Waals surface area contributed by atoms with Gasteiger partial charge in [0, 0.05) is 41.5 Å². The van der Waals surface area contributed by atoms with Crippen molar-refractivity contribution in [1.82, 2.24) is 15.0 Å². The Labute approximate surface area is 346 Å². The minimum Gasteiger partial charge on any atom is -0.289 e. The molecular weight excluding hydrogens is 705 g/mol. The van der Waals surface area contributed by atoms with Crippen molar-refractivity contribution in [3.63, 3.8) is 0 Å². The monoisotopic (exact) mass is 764 g/mol. The van der Waals surface area contributed by atoms with Gasteiger partial charge in [-0.25, -0.2) is 15.0 Å². The summed E-state index contributed by atoms with van der Waals surface area (Å²) < 4.78 is 0. The first-order chi connectivity index (χ1) is 28.7. The third-order valence-electron chi connectivity index (χ3n) is 14.8. The summed E-state index contributed by atoms with van der Waals surface area (Å²) >= 11 is 0. The third-order valence-corrected chi connectivity index (χ3v) is 14.8. The molecule has 7 aliphatic rings. The Morgan fingerprint density at radius 2 is 1.33 bits per heavy atom. The van der Waals surface area contributed by atoms with Crippen molar-refractivity contribution in [2.75, 3.05) is 6.54 Å². The van der Waals surface area contributed by atoms with Crippen molar-refractivity contribution in [2.24, 2.45) is 28.7 Å². The average molecular weight is 765 g/mol. The number of nitrogens with zero attached hydrogens (tertiary/aromatic N) is 4. The van der Waals surface area contributed by atoms with Crippen LogP contribution in [0.15, 0.2) is 137 Å². The standard InChI is InChI=1S/C54H60N4/c1-4-13-37(14-5-1)40-23-29-44(30-24-40)52-56-53(45-31-25-41(26-32-45)38-15-6-2-7-16-38)58-54(57-52)46-33-27-43(28-34-46)51-50(35-47(36-55-51)39-17-8-3-9-18-39)49-22-12-20-42-19-10-11-21-48(42)49/h1-8,13-16,23-25,27,29,31-32,39,41-42,44,46-47,50H,9-12,17-22,26,28,30,33-36H2. The maximum absolute atomic E-state index is 5.63. The molecule has 0 amide bonds. The molecule has 58 heavy (non-hydrogen) atoms. The maximum atomic E-state index is 5.63. The summed E-state index contributed by atoms with van der Waals surface area (Å²) in [5.74, 6) is 6.37. The zero-order valence-corrected chi connectivity index (χ0v) is 34.3. The van der Waals surface area contributed by atoms with Crippen LogP contribution in [0.25, 0.3) is 11.1 Å². The number of aromatic nitrogens is 3. The molecule has 10 rings (SSSR count). The molecule has 7 atom stereocenters. The van der Waals surface area contributed by atoms with Gasteiger partial charge in [0.25, 0.3) is 0 Å². The Balaban J connectivity index is 0.936. The van der Waals surface area contributed by atoms with Crippen LogP contribution in [0.2, 0.25) is 0 Å². The minimum atomic E-state index is 0.131. The molecule has 0 spiro atoms. The van der Waals surface area contributed by atoms with E-state index >= 15 is 0 Å². The molecule has 1 aromatic heterocycles. The second-order valence-corrected chi connectivity index (χ2v) is 18.3. The van der Waals surface area contributed by atoms with Crippen LogP contribution in [-0.2, 0) is 0 Å². The van der Waals surface area contributed by atoms with E-state index < -0.39 is 0 Å². The molecule has 4 heteroatoms. The zero-order chi connectivity index (χ0) is 38.7. The molecule has 3 aromatic rings. The van der Waals surface area contributed by atoms with Gasteiger partial charge in [-0.1, -0.05) is 133 Å². The topological polar surface area (TPSA) is 51.0 Å². The van der Waals surface area contributed by atoms with Gasteiger partial charge in [0.2, 0.25) is 0 Å². The van der Waals surface area contributed by atoms with E-state index in [4.69, 9.17) is 19.9 Å². The summed E-state index contributed by atoms with van der Waals surface area (Å²) in [4.78, 5) is 21.5. The highest BCUT2D eigenvalue weighted by atomic mass is 15.0. The normalized spacial score (nSPS) is 29.9. The van der Waals surface area contributed by atoms with Crippen molar-refractivity contribution in [3.8, 4) is 0 Å². The summed E-state index contributed by atoms with van der Waals surface area (Å²) in [7, 11) is 0. The summed E-state index contributed by atoms with van der Waals surface area (Å²) in [6, 6.07) is 21.5. The molecule has 0 bridgehead atoms. The highest BCUT2D eigenvalue weighted by molar-refractivity contribution is 6.04. The average Bonchev–Trinajstić information content (AvgIpc) is 3.32. The maximum Gasteiger partial charge on any atom is 0.163 e. The lowest BCUT2D eigenvalue weighted by Crippen LogP contribution is -2.35. The number of rotatable bonds is 8. The van der Waals surface area contributed by atoms with E-state index in [2.05, 4.69) is 115 Å². The minimum absolute atomic E-state index is 0.131. The largest absolute Gasteiger partial charge is 0.289 e. The zero-order valence-electron chi connectivity index (χ0n) is 34.3. The molecule has 4 nitrogen and oxygen atoms in total. The van der Waals surface area contributed by atoms with Crippen LogP contribution < -0.4 is 0 Å². The summed E-state index contributed by atoms with van der Waals surface area (Å²) in [5, 5.41) is 0. The number of hydrogen-bond acceptors (Lipinski definition) is 4. The van der Waals surface area contributed by atoms with Crippen molar-refractivity contribution in [2.45, 2.75) is 120 Å². The predicted molar refractivity (Wildman–Crippen MR) is 240 cm³/mol. The van der Waals surface area contributed by atoms with Gasteiger partial charge >= 0.3 is 0 Å². The van der Waals surface area contributed by atoms with Crippen molar-refractivity contribution >= 4 is 16.9 Å². The van der Waals surface area contributed by atoms with E-state index in [-0.39, 0.29) is 11.8 Å². The second kappa shape index (κ2) is 17.3. The van der Waals surface area contributed by atoms with E-state index in [1.807, 2.05) is 11.1 Å². The van der Waals surface area contributed by atoms with Gasteiger partial charge in [-0.15, -0.1) is 0 Å². The first-order valence-electron chi connectivity index (χ1n) is 23.0. The van der Waals surface area contributed by atoms with Gasteiger partial charge in [0.1, 0.15) is 11.6 Å².